The van der Waals surface area contributed by atoms with E-state index in [9.17, 15) is 0 Å². The standard InChI is InChI=1S/C15H14N2.BrH/c1-11-6-8-13(9-7-11)14-10-17-12(2)4-3-5-15(17)16-14;/h3-10H,1-2H3;1H/p-1. The van der Waals surface area contributed by atoms with Crippen LogP contribution < -0.4 is 17.0 Å². The second-order valence-electron chi connectivity index (χ2n) is 4.39. The third-order valence-electron chi connectivity index (χ3n) is 3.04. The molecule has 0 atom stereocenters. The van der Waals surface area contributed by atoms with Gasteiger partial charge in [-0.05, 0) is 26.0 Å². The molecule has 3 heteroatoms. The molecule has 0 fully saturated rings. The van der Waals surface area contributed by atoms with Gasteiger partial charge < -0.3 is 21.4 Å². The van der Waals surface area contributed by atoms with Crippen molar-refractivity contribution in [2.24, 2.45) is 0 Å². The summed E-state index contributed by atoms with van der Waals surface area (Å²) in [5.41, 5.74) is 5.67. The summed E-state index contributed by atoms with van der Waals surface area (Å²) in [6.45, 7) is 4.19. The summed E-state index contributed by atoms with van der Waals surface area (Å²) in [6.07, 6.45) is 2.09. The molecule has 0 aliphatic heterocycles. The Morgan fingerprint density at radius 1 is 0.944 bits per heavy atom. The number of halogens is 1. The van der Waals surface area contributed by atoms with Crippen molar-refractivity contribution in [3.63, 3.8) is 0 Å². The van der Waals surface area contributed by atoms with E-state index in [0.29, 0.717) is 0 Å². The van der Waals surface area contributed by atoms with Crippen LogP contribution in [0.25, 0.3) is 16.9 Å². The van der Waals surface area contributed by atoms with E-state index >= 15 is 0 Å². The monoisotopic (exact) mass is 301 g/mol. The van der Waals surface area contributed by atoms with Gasteiger partial charge in [-0.2, -0.15) is 0 Å². The van der Waals surface area contributed by atoms with Crippen LogP contribution in [0, 0.1) is 13.8 Å². The summed E-state index contributed by atoms with van der Waals surface area (Å²) in [7, 11) is 0. The average Bonchev–Trinajstić information content (AvgIpc) is 2.75. The Morgan fingerprint density at radius 3 is 2.33 bits per heavy atom. The van der Waals surface area contributed by atoms with Crippen molar-refractivity contribution in [2.45, 2.75) is 13.8 Å². The Hall–Kier alpha value is -1.61. The number of rotatable bonds is 1. The number of hydrogen-bond acceptors (Lipinski definition) is 1. The van der Waals surface area contributed by atoms with Crippen LogP contribution >= 0.6 is 0 Å². The number of benzene rings is 1. The van der Waals surface area contributed by atoms with E-state index in [4.69, 9.17) is 0 Å². The van der Waals surface area contributed by atoms with Crippen LogP contribution in [-0.4, -0.2) is 9.38 Å². The molecule has 0 unspecified atom stereocenters. The van der Waals surface area contributed by atoms with Crippen molar-refractivity contribution in [3.8, 4) is 11.3 Å². The first-order valence-electron chi connectivity index (χ1n) is 5.76. The molecule has 92 valence electrons. The van der Waals surface area contributed by atoms with Crippen molar-refractivity contribution >= 4 is 5.65 Å². The van der Waals surface area contributed by atoms with Gasteiger partial charge in [0, 0.05) is 17.5 Å². The van der Waals surface area contributed by atoms with Crippen molar-refractivity contribution in [1.82, 2.24) is 9.38 Å². The van der Waals surface area contributed by atoms with Crippen molar-refractivity contribution in [3.05, 3.63) is 59.9 Å². The summed E-state index contributed by atoms with van der Waals surface area (Å²) >= 11 is 0. The highest BCUT2D eigenvalue weighted by Crippen LogP contribution is 2.20. The van der Waals surface area contributed by atoms with Gasteiger partial charge in [0.1, 0.15) is 5.65 Å². The minimum atomic E-state index is 0. The first-order chi connectivity index (χ1) is 8.24. The van der Waals surface area contributed by atoms with Crippen LogP contribution in [-0.2, 0) is 0 Å². The first-order valence-corrected chi connectivity index (χ1v) is 5.76. The van der Waals surface area contributed by atoms with E-state index < -0.39 is 0 Å². The van der Waals surface area contributed by atoms with Crippen LogP contribution in [0.1, 0.15) is 11.3 Å². The van der Waals surface area contributed by atoms with Crippen LogP contribution in [0.5, 0.6) is 0 Å². The number of aryl methyl sites for hydroxylation is 2. The quantitative estimate of drug-likeness (QED) is 0.644. The van der Waals surface area contributed by atoms with E-state index in [1.54, 1.807) is 0 Å². The molecule has 0 N–H and O–H groups in total. The lowest BCUT2D eigenvalue weighted by Gasteiger charge is -1.97. The van der Waals surface area contributed by atoms with Crippen molar-refractivity contribution < 1.29 is 17.0 Å². The summed E-state index contributed by atoms with van der Waals surface area (Å²) in [5.74, 6) is 0. The molecule has 2 aromatic heterocycles. The fourth-order valence-electron chi connectivity index (χ4n) is 2.01. The normalized spacial score (nSPS) is 10.3. The molecule has 0 bridgehead atoms. The summed E-state index contributed by atoms with van der Waals surface area (Å²) < 4.78 is 2.12. The molecule has 3 rings (SSSR count). The molecule has 0 spiro atoms. The number of imidazole rings is 1. The lowest BCUT2D eigenvalue weighted by atomic mass is 10.1. The van der Waals surface area contributed by atoms with Gasteiger partial charge in [-0.25, -0.2) is 4.98 Å². The molecule has 0 saturated heterocycles. The molecule has 2 nitrogen and oxygen atoms in total. The van der Waals surface area contributed by atoms with Crippen molar-refractivity contribution in [2.75, 3.05) is 0 Å². The molecule has 18 heavy (non-hydrogen) atoms. The second-order valence-corrected chi connectivity index (χ2v) is 4.39. The zero-order valence-electron chi connectivity index (χ0n) is 10.4. The highest BCUT2D eigenvalue weighted by atomic mass is 79.9. The van der Waals surface area contributed by atoms with E-state index in [-0.39, 0.29) is 17.0 Å². The fourth-order valence-corrected chi connectivity index (χ4v) is 2.01. The molecule has 0 saturated carbocycles. The molecule has 0 amide bonds. The molecule has 3 aromatic rings. The fraction of sp³-hybridized carbons (Fsp3) is 0.133. The highest BCUT2D eigenvalue weighted by molar-refractivity contribution is 5.63. The predicted octanol–water partition coefficient (Wildman–Crippen LogP) is 0.622. The zero-order valence-corrected chi connectivity index (χ0v) is 12.0. The third kappa shape index (κ3) is 2.18. The Bertz CT molecular complexity index is 669. The Balaban J connectivity index is 0.00000120. The molecule has 0 aliphatic rings. The van der Waals surface area contributed by atoms with E-state index in [0.717, 1.165) is 11.3 Å². The molecular weight excluding hydrogens is 288 g/mol. The number of pyridine rings is 1. The van der Waals surface area contributed by atoms with Crippen LogP contribution in [0.2, 0.25) is 0 Å². The topological polar surface area (TPSA) is 17.3 Å². The second kappa shape index (κ2) is 4.94. The minimum Gasteiger partial charge on any atom is -1.00 e. The van der Waals surface area contributed by atoms with Gasteiger partial charge >= 0.3 is 0 Å². The van der Waals surface area contributed by atoms with E-state index in [2.05, 4.69) is 59.8 Å². The van der Waals surface area contributed by atoms with E-state index in [1.165, 1.54) is 16.8 Å². The maximum atomic E-state index is 4.64. The first kappa shape index (κ1) is 12.8. The Morgan fingerprint density at radius 2 is 1.67 bits per heavy atom. The number of aromatic nitrogens is 2. The van der Waals surface area contributed by atoms with Gasteiger partial charge in [-0.3, -0.25) is 0 Å². The highest BCUT2D eigenvalue weighted by Gasteiger charge is 2.04. The van der Waals surface area contributed by atoms with Crippen LogP contribution in [0.15, 0.2) is 48.7 Å². The Labute approximate surface area is 117 Å². The zero-order chi connectivity index (χ0) is 11.8. The van der Waals surface area contributed by atoms with Gasteiger partial charge in [0.15, 0.2) is 0 Å². The SMILES string of the molecule is Cc1ccc(-c2cn3c(C)cccc3n2)cc1.[Br-]. The maximum absolute atomic E-state index is 4.64. The Kier molecular flexibility index (Phi) is 3.53. The molecular formula is C15H14BrN2-. The van der Waals surface area contributed by atoms with Gasteiger partial charge in [0.2, 0.25) is 0 Å². The lowest BCUT2D eigenvalue weighted by Crippen LogP contribution is -3.00. The predicted molar refractivity (Wildman–Crippen MR) is 70.1 cm³/mol. The number of hydrogen-bond donors (Lipinski definition) is 0. The number of fused-ring (bicyclic) bond motifs is 1. The minimum absolute atomic E-state index is 0. The van der Waals surface area contributed by atoms with Gasteiger partial charge in [-0.15, -0.1) is 0 Å². The van der Waals surface area contributed by atoms with Crippen LogP contribution in [0.3, 0.4) is 0 Å². The van der Waals surface area contributed by atoms with Crippen molar-refractivity contribution in [1.29, 1.82) is 0 Å². The third-order valence-corrected chi connectivity index (χ3v) is 3.04. The lowest BCUT2D eigenvalue weighted by molar-refractivity contribution is -0.00000364. The van der Waals surface area contributed by atoms with Gasteiger partial charge in [-0.1, -0.05) is 35.9 Å². The largest absolute Gasteiger partial charge is 1.00 e. The molecule has 1 aromatic carbocycles. The summed E-state index contributed by atoms with van der Waals surface area (Å²) in [6, 6.07) is 14.6. The summed E-state index contributed by atoms with van der Waals surface area (Å²) in [5, 5.41) is 0. The van der Waals surface area contributed by atoms with Gasteiger partial charge in [0.05, 0.1) is 5.69 Å². The maximum Gasteiger partial charge on any atom is 0.137 e. The van der Waals surface area contributed by atoms with Crippen LogP contribution in [0.4, 0.5) is 0 Å². The van der Waals surface area contributed by atoms with E-state index in [1.807, 2.05) is 12.1 Å². The smallest absolute Gasteiger partial charge is 0.137 e. The molecule has 2 heterocycles. The molecule has 0 radical (unpaired) electrons. The molecule has 0 aliphatic carbocycles. The number of nitrogens with zero attached hydrogens (tertiary/aromatic N) is 2. The average molecular weight is 302 g/mol. The van der Waals surface area contributed by atoms with Gasteiger partial charge in [0.25, 0.3) is 0 Å². The summed E-state index contributed by atoms with van der Waals surface area (Å²) in [4.78, 5) is 4.64.